The molecule has 2 aromatic rings. The van der Waals surface area contributed by atoms with Gasteiger partial charge < -0.3 is 9.72 Å². The SMILES string of the molecule is COC(=O)c1c(C)[nH]c(C)c1S(=O)(=O)Nc1ccc(C(F)(F)F)c(Cl)c1. The molecule has 1 aromatic heterocycles. The molecule has 1 aromatic carbocycles. The molecule has 142 valence electrons. The molecule has 26 heavy (non-hydrogen) atoms. The summed E-state index contributed by atoms with van der Waals surface area (Å²) in [5.74, 6) is -0.863. The minimum Gasteiger partial charge on any atom is -0.465 e. The molecule has 0 saturated carbocycles. The minimum absolute atomic E-state index is 0.174. The fourth-order valence-electron chi connectivity index (χ4n) is 2.46. The maximum absolute atomic E-state index is 12.7. The summed E-state index contributed by atoms with van der Waals surface area (Å²) in [5.41, 5.74) is -1.01. The van der Waals surface area contributed by atoms with E-state index in [-0.39, 0.29) is 27.5 Å². The first-order valence-corrected chi connectivity index (χ1v) is 8.91. The fraction of sp³-hybridized carbons (Fsp3) is 0.267. The number of ether oxygens (including phenoxy) is 1. The molecule has 2 rings (SSSR count). The highest BCUT2D eigenvalue weighted by Gasteiger charge is 2.34. The third kappa shape index (κ3) is 3.80. The number of H-pyrrole nitrogens is 1. The van der Waals surface area contributed by atoms with Gasteiger partial charge in [-0.1, -0.05) is 11.6 Å². The van der Waals surface area contributed by atoms with Gasteiger partial charge in [0.1, 0.15) is 10.5 Å². The Morgan fingerprint density at radius 2 is 1.85 bits per heavy atom. The lowest BCUT2D eigenvalue weighted by Crippen LogP contribution is -2.18. The molecule has 0 bridgehead atoms. The van der Waals surface area contributed by atoms with Gasteiger partial charge in [0, 0.05) is 11.4 Å². The van der Waals surface area contributed by atoms with Gasteiger partial charge >= 0.3 is 12.1 Å². The molecule has 2 N–H and O–H groups in total. The van der Waals surface area contributed by atoms with Gasteiger partial charge in [0.25, 0.3) is 10.0 Å². The van der Waals surface area contributed by atoms with E-state index in [0.29, 0.717) is 6.07 Å². The Labute approximate surface area is 152 Å². The van der Waals surface area contributed by atoms with Crippen LogP contribution < -0.4 is 4.72 Å². The predicted octanol–water partition coefficient (Wildman–Crippen LogP) is 3.89. The van der Waals surface area contributed by atoms with Crippen LogP contribution in [0.2, 0.25) is 5.02 Å². The third-order valence-corrected chi connectivity index (χ3v) is 5.37. The number of esters is 1. The number of alkyl halides is 3. The molecular weight excluding hydrogens is 397 g/mol. The van der Waals surface area contributed by atoms with Gasteiger partial charge in [-0.05, 0) is 32.0 Å². The monoisotopic (exact) mass is 410 g/mol. The summed E-state index contributed by atoms with van der Waals surface area (Å²) >= 11 is 5.59. The van der Waals surface area contributed by atoms with E-state index >= 15 is 0 Å². The molecule has 0 aliphatic heterocycles. The summed E-state index contributed by atoms with van der Waals surface area (Å²) in [5, 5.41) is -0.659. The number of nitrogens with one attached hydrogen (secondary N) is 2. The molecule has 1 heterocycles. The average molecular weight is 411 g/mol. The molecular formula is C15H14ClF3N2O4S. The quantitative estimate of drug-likeness (QED) is 0.748. The summed E-state index contributed by atoms with van der Waals surface area (Å²) < 4.78 is 70.3. The number of hydrogen-bond acceptors (Lipinski definition) is 4. The second-order valence-corrected chi connectivity index (χ2v) is 7.40. The maximum Gasteiger partial charge on any atom is 0.417 e. The van der Waals surface area contributed by atoms with Crippen LogP contribution in [0.25, 0.3) is 0 Å². The van der Waals surface area contributed by atoms with Crippen molar-refractivity contribution in [2.45, 2.75) is 24.9 Å². The van der Waals surface area contributed by atoms with Crippen LogP contribution in [0.1, 0.15) is 27.3 Å². The molecule has 0 amide bonds. The lowest BCUT2D eigenvalue weighted by Gasteiger charge is -2.13. The van der Waals surface area contributed by atoms with Crippen LogP contribution in [-0.4, -0.2) is 26.5 Å². The standard InChI is InChI=1S/C15H14ClF3N2O4S/c1-7-12(14(22)25-3)13(8(2)20-7)26(23,24)21-9-4-5-10(11(16)6-9)15(17,18)19/h4-6,20-21H,1-3H3. The van der Waals surface area contributed by atoms with Crippen molar-refractivity contribution in [3.05, 3.63) is 45.7 Å². The van der Waals surface area contributed by atoms with E-state index in [1.807, 2.05) is 0 Å². The van der Waals surface area contributed by atoms with Crippen molar-refractivity contribution in [2.75, 3.05) is 11.8 Å². The van der Waals surface area contributed by atoms with Crippen molar-refractivity contribution >= 4 is 33.3 Å². The van der Waals surface area contributed by atoms with Gasteiger partial charge in [0.2, 0.25) is 0 Å². The Hall–Kier alpha value is -2.20. The Bertz CT molecular complexity index is 968. The summed E-state index contributed by atoms with van der Waals surface area (Å²) in [6, 6.07) is 2.43. The third-order valence-electron chi connectivity index (χ3n) is 3.50. The van der Waals surface area contributed by atoms with Gasteiger partial charge in [-0.3, -0.25) is 4.72 Å². The summed E-state index contributed by atoms with van der Waals surface area (Å²) in [6.45, 7) is 2.93. The van der Waals surface area contributed by atoms with E-state index in [2.05, 4.69) is 14.4 Å². The van der Waals surface area contributed by atoms with Crippen LogP contribution in [0.3, 0.4) is 0 Å². The van der Waals surface area contributed by atoms with Crippen LogP contribution in [0.15, 0.2) is 23.1 Å². The lowest BCUT2D eigenvalue weighted by molar-refractivity contribution is -0.137. The first-order valence-electron chi connectivity index (χ1n) is 7.05. The number of hydrogen-bond donors (Lipinski definition) is 2. The Morgan fingerprint density at radius 1 is 1.23 bits per heavy atom. The number of carbonyl (C=O) groups excluding carboxylic acids is 1. The molecule has 11 heteroatoms. The molecule has 6 nitrogen and oxygen atoms in total. The first-order chi connectivity index (χ1) is 11.9. The number of rotatable bonds is 4. The second-order valence-electron chi connectivity index (χ2n) is 5.37. The molecule has 0 atom stereocenters. The summed E-state index contributed by atoms with van der Waals surface area (Å²) in [4.78, 5) is 14.3. The Kier molecular flexibility index (Phi) is 5.29. The highest BCUT2D eigenvalue weighted by atomic mass is 35.5. The normalized spacial score (nSPS) is 12.1. The molecule has 0 unspecified atom stereocenters. The number of carbonyl (C=O) groups is 1. The van der Waals surface area contributed by atoms with Crippen LogP contribution in [0.4, 0.5) is 18.9 Å². The van der Waals surface area contributed by atoms with Gasteiger partial charge in [-0.2, -0.15) is 13.2 Å². The van der Waals surface area contributed by atoms with Crippen LogP contribution >= 0.6 is 11.6 Å². The predicted molar refractivity (Wildman–Crippen MR) is 88.9 cm³/mol. The molecule has 0 fully saturated rings. The van der Waals surface area contributed by atoms with E-state index in [4.69, 9.17) is 11.6 Å². The molecule has 0 aliphatic rings. The van der Waals surface area contributed by atoms with Crippen molar-refractivity contribution in [2.24, 2.45) is 0 Å². The number of aromatic nitrogens is 1. The topological polar surface area (TPSA) is 88.3 Å². The van der Waals surface area contributed by atoms with Crippen LogP contribution in [0, 0.1) is 13.8 Å². The van der Waals surface area contributed by atoms with Crippen molar-refractivity contribution in [1.82, 2.24) is 4.98 Å². The van der Waals surface area contributed by atoms with Crippen LogP contribution in [-0.2, 0) is 20.9 Å². The zero-order valence-electron chi connectivity index (χ0n) is 13.8. The first kappa shape index (κ1) is 20.1. The zero-order valence-corrected chi connectivity index (χ0v) is 15.4. The number of methoxy groups -OCH3 is 1. The number of anilines is 1. The number of sulfonamides is 1. The Balaban J connectivity index is 2.48. The summed E-state index contributed by atoms with van der Waals surface area (Å²) in [7, 11) is -3.20. The van der Waals surface area contributed by atoms with Gasteiger partial charge in [-0.25, -0.2) is 13.2 Å². The highest BCUT2D eigenvalue weighted by molar-refractivity contribution is 7.92. The fourth-order valence-corrected chi connectivity index (χ4v) is 4.24. The number of aromatic amines is 1. The van der Waals surface area contributed by atoms with E-state index in [1.54, 1.807) is 0 Å². The largest absolute Gasteiger partial charge is 0.465 e. The maximum atomic E-state index is 12.7. The minimum atomic E-state index is -4.67. The van der Waals surface area contributed by atoms with Crippen molar-refractivity contribution in [3.63, 3.8) is 0 Å². The Morgan fingerprint density at radius 3 is 2.35 bits per heavy atom. The second kappa shape index (κ2) is 6.84. The lowest BCUT2D eigenvalue weighted by atomic mass is 10.2. The molecule has 0 spiro atoms. The van der Waals surface area contributed by atoms with E-state index in [9.17, 15) is 26.4 Å². The van der Waals surface area contributed by atoms with Crippen molar-refractivity contribution < 1.29 is 31.1 Å². The number of halogens is 4. The van der Waals surface area contributed by atoms with Crippen molar-refractivity contribution in [1.29, 1.82) is 0 Å². The number of aryl methyl sites for hydroxylation is 2. The number of benzene rings is 1. The van der Waals surface area contributed by atoms with Gasteiger partial charge in [0.05, 0.1) is 23.4 Å². The average Bonchev–Trinajstić information content (AvgIpc) is 2.80. The summed E-state index contributed by atoms with van der Waals surface area (Å²) in [6.07, 6.45) is -4.67. The highest BCUT2D eigenvalue weighted by Crippen LogP contribution is 2.36. The van der Waals surface area contributed by atoms with Crippen LogP contribution in [0.5, 0.6) is 0 Å². The smallest absolute Gasteiger partial charge is 0.417 e. The molecule has 0 saturated heterocycles. The van der Waals surface area contributed by atoms with E-state index in [0.717, 1.165) is 19.2 Å². The van der Waals surface area contributed by atoms with E-state index in [1.165, 1.54) is 13.8 Å². The molecule has 0 aliphatic carbocycles. The van der Waals surface area contributed by atoms with Crippen molar-refractivity contribution in [3.8, 4) is 0 Å². The van der Waals surface area contributed by atoms with Gasteiger partial charge in [-0.15, -0.1) is 0 Å². The van der Waals surface area contributed by atoms with E-state index < -0.39 is 32.8 Å². The molecule has 0 radical (unpaired) electrons. The zero-order chi connectivity index (χ0) is 19.9. The van der Waals surface area contributed by atoms with Gasteiger partial charge in [0.15, 0.2) is 0 Å².